The van der Waals surface area contributed by atoms with Crippen LogP contribution in [0.2, 0.25) is 5.02 Å². The number of ether oxygens (including phenoxy) is 1. The predicted molar refractivity (Wildman–Crippen MR) is 122 cm³/mol. The summed E-state index contributed by atoms with van der Waals surface area (Å²) in [6.45, 7) is 6.02. The molecular formula is C19H28ClIN6O. The molecule has 0 saturated carbocycles. The second-order valence-corrected chi connectivity index (χ2v) is 7.26. The van der Waals surface area contributed by atoms with E-state index >= 15 is 0 Å². The summed E-state index contributed by atoms with van der Waals surface area (Å²) in [5, 5.41) is 15.8. The SMILES string of the molecule is Cc1nnc(CN=C(NCC2CCCO2)NC(C)c2cccc(Cl)c2)n1C.I. The van der Waals surface area contributed by atoms with Gasteiger partial charge >= 0.3 is 0 Å². The number of benzene rings is 1. The van der Waals surface area contributed by atoms with Crippen molar-refractivity contribution in [2.45, 2.75) is 45.4 Å². The number of hydrogen-bond donors (Lipinski definition) is 2. The highest BCUT2D eigenvalue weighted by atomic mass is 127. The van der Waals surface area contributed by atoms with Gasteiger partial charge in [0.25, 0.3) is 0 Å². The molecule has 9 heteroatoms. The van der Waals surface area contributed by atoms with Crippen molar-refractivity contribution in [2.75, 3.05) is 13.2 Å². The number of halogens is 2. The Balaban J connectivity index is 0.00000280. The topological polar surface area (TPSA) is 76.4 Å². The van der Waals surface area contributed by atoms with E-state index in [1.807, 2.05) is 42.8 Å². The summed E-state index contributed by atoms with van der Waals surface area (Å²) in [6.07, 6.45) is 2.42. The van der Waals surface area contributed by atoms with E-state index in [1.54, 1.807) is 0 Å². The zero-order chi connectivity index (χ0) is 19.2. The van der Waals surface area contributed by atoms with Gasteiger partial charge in [0.15, 0.2) is 11.8 Å². The van der Waals surface area contributed by atoms with Crippen LogP contribution in [0.3, 0.4) is 0 Å². The van der Waals surface area contributed by atoms with Crippen molar-refractivity contribution in [3.05, 3.63) is 46.5 Å². The van der Waals surface area contributed by atoms with Gasteiger partial charge in [0, 0.05) is 25.2 Å². The fourth-order valence-corrected chi connectivity index (χ4v) is 3.17. The highest BCUT2D eigenvalue weighted by molar-refractivity contribution is 14.0. The molecule has 1 aliphatic rings. The molecule has 0 spiro atoms. The molecule has 2 N–H and O–H groups in total. The smallest absolute Gasteiger partial charge is 0.192 e. The van der Waals surface area contributed by atoms with Crippen LogP contribution in [0, 0.1) is 6.92 Å². The average molecular weight is 519 g/mol. The summed E-state index contributed by atoms with van der Waals surface area (Å²) in [7, 11) is 1.95. The maximum atomic E-state index is 6.13. The van der Waals surface area contributed by atoms with Gasteiger partial charge in [0.1, 0.15) is 12.4 Å². The van der Waals surface area contributed by atoms with Crippen LogP contribution in [0.15, 0.2) is 29.3 Å². The Morgan fingerprint density at radius 1 is 1.43 bits per heavy atom. The van der Waals surface area contributed by atoms with E-state index in [0.29, 0.717) is 6.54 Å². The maximum absolute atomic E-state index is 6.13. The molecule has 0 bridgehead atoms. The molecule has 2 heterocycles. The molecule has 2 unspecified atom stereocenters. The van der Waals surface area contributed by atoms with Crippen LogP contribution in [0.25, 0.3) is 0 Å². The molecule has 0 radical (unpaired) electrons. The number of aromatic nitrogens is 3. The third-order valence-corrected chi connectivity index (χ3v) is 5.02. The number of aliphatic imine (C=N–C) groups is 1. The lowest BCUT2D eigenvalue weighted by molar-refractivity contribution is 0.113. The molecule has 2 atom stereocenters. The van der Waals surface area contributed by atoms with E-state index < -0.39 is 0 Å². The minimum Gasteiger partial charge on any atom is -0.376 e. The highest BCUT2D eigenvalue weighted by Gasteiger charge is 2.17. The molecule has 1 aromatic carbocycles. The minimum absolute atomic E-state index is 0. The molecule has 1 fully saturated rings. The number of aryl methyl sites for hydroxylation is 1. The van der Waals surface area contributed by atoms with E-state index in [1.165, 1.54) is 0 Å². The average Bonchev–Trinajstić information content (AvgIpc) is 3.28. The minimum atomic E-state index is 0. The molecule has 1 aromatic heterocycles. The van der Waals surface area contributed by atoms with Crippen molar-refractivity contribution in [3.8, 4) is 0 Å². The lowest BCUT2D eigenvalue weighted by atomic mass is 10.1. The number of hydrogen-bond acceptors (Lipinski definition) is 4. The van der Waals surface area contributed by atoms with E-state index in [2.05, 4.69) is 27.8 Å². The van der Waals surface area contributed by atoms with Crippen LogP contribution in [-0.4, -0.2) is 40.0 Å². The van der Waals surface area contributed by atoms with Gasteiger partial charge in [-0.1, -0.05) is 23.7 Å². The molecule has 0 aliphatic carbocycles. The monoisotopic (exact) mass is 518 g/mol. The molecular weight excluding hydrogens is 491 g/mol. The fourth-order valence-electron chi connectivity index (χ4n) is 2.97. The summed E-state index contributed by atoms with van der Waals surface area (Å²) >= 11 is 6.13. The first-order chi connectivity index (χ1) is 13.0. The number of nitrogens with one attached hydrogen (secondary N) is 2. The zero-order valence-electron chi connectivity index (χ0n) is 16.5. The maximum Gasteiger partial charge on any atom is 0.192 e. The standard InChI is InChI=1S/C19H27ClN6O.HI/c1-13(15-6-4-7-16(20)10-15)23-19(21-11-17-8-5-9-27-17)22-12-18-25-24-14(2)26(18)3;/h4,6-7,10,13,17H,5,8-9,11-12H2,1-3H3,(H2,21,22,23);1H. The largest absolute Gasteiger partial charge is 0.376 e. The number of nitrogens with zero attached hydrogens (tertiary/aromatic N) is 4. The second kappa shape index (κ2) is 11.0. The molecule has 154 valence electrons. The lowest BCUT2D eigenvalue weighted by Crippen LogP contribution is -2.42. The molecule has 1 saturated heterocycles. The predicted octanol–water partition coefficient (Wildman–Crippen LogP) is 3.37. The van der Waals surface area contributed by atoms with Crippen molar-refractivity contribution >= 4 is 41.5 Å². The Morgan fingerprint density at radius 2 is 2.25 bits per heavy atom. The van der Waals surface area contributed by atoms with Crippen LogP contribution in [0.5, 0.6) is 0 Å². The lowest BCUT2D eigenvalue weighted by Gasteiger charge is -2.20. The van der Waals surface area contributed by atoms with E-state index in [0.717, 1.165) is 54.2 Å². The van der Waals surface area contributed by atoms with Crippen LogP contribution < -0.4 is 10.6 Å². The van der Waals surface area contributed by atoms with Crippen LogP contribution in [-0.2, 0) is 18.3 Å². The van der Waals surface area contributed by atoms with Gasteiger partial charge in [-0.3, -0.25) is 0 Å². The van der Waals surface area contributed by atoms with Gasteiger partial charge in [0.2, 0.25) is 0 Å². The third-order valence-electron chi connectivity index (χ3n) is 4.78. The zero-order valence-corrected chi connectivity index (χ0v) is 19.6. The second-order valence-electron chi connectivity index (χ2n) is 6.82. The van der Waals surface area contributed by atoms with Crippen molar-refractivity contribution in [1.29, 1.82) is 0 Å². The number of rotatable bonds is 6. The molecule has 1 aliphatic heterocycles. The Kier molecular flexibility index (Phi) is 8.97. The van der Waals surface area contributed by atoms with E-state index in [9.17, 15) is 0 Å². The van der Waals surface area contributed by atoms with Crippen molar-refractivity contribution in [1.82, 2.24) is 25.4 Å². The van der Waals surface area contributed by atoms with Gasteiger partial charge in [0.05, 0.1) is 12.1 Å². The molecule has 0 amide bonds. The molecule has 2 aromatic rings. The Hall–Kier alpha value is -1.39. The Labute approximate surface area is 188 Å². The van der Waals surface area contributed by atoms with Gasteiger partial charge in [-0.15, -0.1) is 34.2 Å². The van der Waals surface area contributed by atoms with Crippen LogP contribution in [0.1, 0.15) is 43.0 Å². The summed E-state index contributed by atoms with van der Waals surface area (Å²) in [5.74, 6) is 2.41. The summed E-state index contributed by atoms with van der Waals surface area (Å²) < 4.78 is 7.65. The van der Waals surface area contributed by atoms with Gasteiger partial charge in [-0.2, -0.15) is 0 Å². The van der Waals surface area contributed by atoms with Crippen LogP contribution in [0.4, 0.5) is 0 Å². The molecule has 28 heavy (non-hydrogen) atoms. The quantitative estimate of drug-likeness (QED) is 0.348. The summed E-state index contributed by atoms with van der Waals surface area (Å²) in [5.41, 5.74) is 1.10. The summed E-state index contributed by atoms with van der Waals surface area (Å²) in [6, 6.07) is 7.89. The van der Waals surface area contributed by atoms with Gasteiger partial charge in [-0.25, -0.2) is 4.99 Å². The van der Waals surface area contributed by atoms with Crippen molar-refractivity contribution in [3.63, 3.8) is 0 Å². The Morgan fingerprint density at radius 3 is 2.89 bits per heavy atom. The van der Waals surface area contributed by atoms with Gasteiger partial charge < -0.3 is 19.9 Å². The Bertz CT molecular complexity index is 790. The fraction of sp³-hybridized carbons (Fsp3) is 0.526. The molecule has 7 nitrogen and oxygen atoms in total. The number of guanidine groups is 1. The first-order valence-corrected chi connectivity index (χ1v) is 9.67. The molecule has 3 rings (SSSR count). The third kappa shape index (κ3) is 6.31. The van der Waals surface area contributed by atoms with Crippen molar-refractivity contribution in [2.24, 2.45) is 12.0 Å². The first kappa shape index (κ1) is 22.9. The first-order valence-electron chi connectivity index (χ1n) is 9.29. The normalized spacial score (nSPS) is 17.9. The van der Waals surface area contributed by atoms with E-state index in [4.69, 9.17) is 21.3 Å². The van der Waals surface area contributed by atoms with E-state index in [-0.39, 0.29) is 36.1 Å². The van der Waals surface area contributed by atoms with Gasteiger partial charge in [-0.05, 0) is 44.4 Å². The van der Waals surface area contributed by atoms with Crippen molar-refractivity contribution < 1.29 is 4.74 Å². The van der Waals surface area contributed by atoms with Crippen LogP contribution >= 0.6 is 35.6 Å². The summed E-state index contributed by atoms with van der Waals surface area (Å²) in [4.78, 5) is 4.70. The highest BCUT2D eigenvalue weighted by Crippen LogP contribution is 2.17.